The van der Waals surface area contributed by atoms with Crippen LogP contribution in [0, 0.1) is 0 Å². The van der Waals surface area contributed by atoms with Crippen LogP contribution in [-0.2, 0) is 35.3 Å². The van der Waals surface area contributed by atoms with Gasteiger partial charge in [0, 0.05) is 12.2 Å². The highest BCUT2D eigenvalue weighted by atomic mass is 16.5. The van der Waals surface area contributed by atoms with Gasteiger partial charge in [-0.15, -0.1) is 0 Å². The summed E-state index contributed by atoms with van der Waals surface area (Å²) >= 11 is 0. The van der Waals surface area contributed by atoms with Crippen molar-refractivity contribution in [3.8, 4) is 0 Å². The normalized spacial score (nSPS) is 20.1. The second-order valence-electron chi connectivity index (χ2n) is 11.2. The zero-order valence-electron chi connectivity index (χ0n) is 24.6. The van der Waals surface area contributed by atoms with Crippen LogP contribution in [-0.4, -0.2) is 71.8 Å². The van der Waals surface area contributed by atoms with Crippen LogP contribution in [0.1, 0.15) is 38.2 Å². The Balaban J connectivity index is 1.31. The quantitative estimate of drug-likeness (QED) is 0.207. The molecule has 5 rings (SSSR count). The molecule has 11 heteroatoms. The first-order valence-electron chi connectivity index (χ1n) is 14.9. The number of likely N-dealkylation sites (tertiary alicyclic amines) is 1. The van der Waals surface area contributed by atoms with Crippen LogP contribution in [0.3, 0.4) is 0 Å². The van der Waals surface area contributed by atoms with E-state index in [9.17, 15) is 24.0 Å². The zero-order chi connectivity index (χ0) is 31.1. The van der Waals surface area contributed by atoms with Gasteiger partial charge in [-0.3, -0.25) is 19.2 Å². The molecule has 11 nitrogen and oxygen atoms in total. The van der Waals surface area contributed by atoms with E-state index in [1.165, 1.54) is 11.8 Å². The first-order valence-corrected chi connectivity index (χ1v) is 14.9. The molecule has 2 heterocycles. The number of ether oxygens (including phenoxy) is 1. The Hall–Kier alpha value is -4.77. The molecule has 2 fully saturated rings. The van der Waals surface area contributed by atoms with Gasteiger partial charge in [-0.1, -0.05) is 60.7 Å². The van der Waals surface area contributed by atoms with Crippen LogP contribution in [0.4, 0.5) is 5.69 Å². The molecule has 2 saturated heterocycles. The number of hydrogen-bond acceptors (Lipinski definition) is 7. The molecule has 4 N–H and O–H groups in total. The molecule has 0 aromatic heterocycles. The Morgan fingerprint density at radius 2 is 1.73 bits per heavy atom. The van der Waals surface area contributed by atoms with E-state index in [1.54, 1.807) is 24.3 Å². The highest BCUT2D eigenvalue weighted by Gasteiger charge is 2.57. The van der Waals surface area contributed by atoms with Gasteiger partial charge in [-0.25, -0.2) is 4.79 Å². The summed E-state index contributed by atoms with van der Waals surface area (Å²) in [6.07, 6.45) is 2.01. The first-order chi connectivity index (χ1) is 21.3. The lowest BCUT2D eigenvalue weighted by molar-refractivity contribution is -0.166. The molecular formula is C33H37N5O6. The maximum absolute atomic E-state index is 14.0. The van der Waals surface area contributed by atoms with E-state index >= 15 is 0 Å². The van der Waals surface area contributed by atoms with E-state index in [0.29, 0.717) is 18.5 Å². The molecule has 230 valence electrons. The Morgan fingerprint density at radius 3 is 2.48 bits per heavy atom. The highest BCUT2D eigenvalue weighted by molar-refractivity contribution is 6.16. The molecule has 3 aromatic carbocycles. The molecule has 4 amide bonds. The van der Waals surface area contributed by atoms with Crippen molar-refractivity contribution >= 4 is 46.1 Å². The van der Waals surface area contributed by atoms with E-state index in [4.69, 9.17) is 4.74 Å². The fourth-order valence-electron chi connectivity index (χ4n) is 5.74. The van der Waals surface area contributed by atoms with E-state index in [2.05, 4.69) is 21.3 Å². The number of rotatable bonds is 10. The van der Waals surface area contributed by atoms with Gasteiger partial charge in [-0.05, 0) is 67.6 Å². The molecule has 0 aliphatic carbocycles. The molecule has 2 aliphatic heterocycles. The average Bonchev–Trinajstić information content (AvgIpc) is 3.75. The smallest absolute Gasteiger partial charge is 0.342 e. The number of anilines is 1. The van der Waals surface area contributed by atoms with Gasteiger partial charge in [0.05, 0.1) is 12.6 Å². The van der Waals surface area contributed by atoms with Gasteiger partial charge in [0.15, 0.2) is 0 Å². The van der Waals surface area contributed by atoms with Crippen molar-refractivity contribution in [3.63, 3.8) is 0 Å². The number of benzene rings is 3. The molecule has 3 atom stereocenters. The second-order valence-corrected chi connectivity index (χ2v) is 11.2. The maximum atomic E-state index is 14.0. The molecule has 44 heavy (non-hydrogen) atoms. The fourth-order valence-corrected chi connectivity index (χ4v) is 5.74. The summed E-state index contributed by atoms with van der Waals surface area (Å²) in [6.45, 7) is 1.87. The number of hydrogen-bond donors (Lipinski definition) is 4. The lowest BCUT2D eigenvalue weighted by Gasteiger charge is -2.35. The summed E-state index contributed by atoms with van der Waals surface area (Å²) in [6, 6.07) is 20.9. The number of nitrogens with zero attached hydrogens (tertiary/aromatic N) is 1. The Kier molecular flexibility index (Phi) is 9.54. The van der Waals surface area contributed by atoms with Crippen molar-refractivity contribution in [3.05, 3.63) is 78.4 Å². The van der Waals surface area contributed by atoms with Crippen molar-refractivity contribution in [1.29, 1.82) is 0 Å². The van der Waals surface area contributed by atoms with Gasteiger partial charge in [0.1, 0.15) is 12.6 Å². The zero-order valence-corrected chi connectivity index (χ0v) is 24.6. The average molecular weight is 600 g/mol. The third kappa shape index (κ3) is 6.73. The standard InChI is InChI=1S/C33H37N5O6/c1-22(36-30(41)27-13-7-17-34-27)29(40)35-20-28(39)38-18-8-16-33(38,32(43)44-21-23-9-3-2-4-10-23)31(42)37-26-15-14-24-11-5-6-12-25(24)19-26/h2-6,9-12,14-15,19,22,27,34H,7-8,13,16-18,20-21H2,1H3,(H,35,40)(H,36,41)(H,37,42)/t22-,27-,33-/m0/s1. The number of nitrogens with one attached hydrogen (secondary N) is 4. The summed E-state index contributed by atoms with van der Waals surface area (Å²) in [5.41, 5.74) is -0.730. The summed E-state index contributed by atoms with van der Waals surface area (Å²) in [5, 5.41) is 13.0. The number of esters is 1. The molecule has 3 aromatic rings. The highest BCUT2D eigenvalue weighted by Crippen LogP contribution is 2.33. The summed E-state index contributed by atoms with van der Waals surface area (Å²) in [4.78, 5) is 67.7. The van der Waals surface area contributed by atoms with E-state index < -0.39 is 41.8 Å². The second kappa shape index (κ2) is 13.7. The van der Waals surface area contributed by atoms with E-state index in [-0.39, 0.29) is 31.5 Å². The summed E-state index contributed by atoms with van der Waals surface area (Å²) < 4.78 is 5.65. The van der Waals surface area contributed by atoms with Crippen LogP contribution in [0.15, 0.2) is 72.8 Å². The number of amides is 4. The predicted molar refractivity (Wildman–Crippen MR) is 164 cm³/mol. The molecule has 0 saturated carbocycles. The van der Waals surface area contributed by atoms with E-state index in [0.717, 1.165) is 29.3 Å². The summed E-state index contributed by atoms with van der Waals surface area (Å²) in [5.74, 6) is -2.98. The Morgan fingerprint density at radius 1 is 0.977 bits per heavy atom. The van der Waals surface area contributed by atoms with Crippen LogP contribution in [0.5, 0.6) is 0 Å². The number of carbonyl (C=O) groups excluding carboxylic acids is 5. The number of fused-ring (bicyclic) bond motifs is 1. The molecule has 0 spiro atoms. The largest absolute Gasteiger partial charge is 0.459 e. The van der Waals surface area contributed by atoms with Crippen LogP contribution < -0.4 is 21.3 Å². The van der Waals surface area contributed by atoms with Crippen molar-refractivity contribution in [1.82, 2.24) is 20.9 Å². The minimum Gasteiger partial charge on any atom is -0.459 e. The molecule has 0 bridgehead atoms. The van der Waals surface area contributed by atoms with Crippen molar-refractivity contribution in [2.24, 2.45) is 0 Å². The minimum atomic E-state index is -1.93. The molecule has 0 radical (unpaired) electrons. The summed E-state index contributed by atoms with van der Waals surface area (Å²) in [7, 11) is 0. The molecular weight excluding hydrogens is 562 g/mol. The van der Waals surface area contributed by atoms with Crippen LogP contribution in [0.2, 0.25) is 0 Å². The van der Waals surface area contributed by atoms with Gasteiger partial charge >= 0.3 is 5.97 Å². The van der Waals surface area contributed by atoms with Crippen molar-refractivity contribution < 1.29 is 28.7 Å². The number of carbonyl (C=O) groups is 5. The molecule has 2 aliphatic rings. The molecule has 0 unspecified atom stereocenters. The van der Waals surface area contributed by atoms with Crippen LogP contribution >= 0.6 is 0 Å². The topological polar surface area (TPSA) is 146 Å². The third-order valence-electron chi connectivity index (χ3n) is 8.16. The lowest BCUT2D eigenvalue weighted by atomic mass is 9.94. The Bertz CT molecular complexity index is 1540. The van der Waals surface area contributed by atoms with E-state index in [1.807, 2.05) is 48.5 Å². The predicted octanol–water partition coefficient (Wildman–Crippen LogP) is 2.26. The van der Waals surface area contributed by atoms with Gasteiger partial charge in [-0.2, -0.15) is 0 Å². The van der Waals surface area contributed by atoms with Gasteiger partial charge in [0.2, 0.25) is 23.3 Å². The SMILES string of the molecule is C[C@H](NC(=O)[C@@H]1CCCN1)C(=O)NCC(=O)N1CCC[C@]1(C(=O)Nc1ccc2ccccc2c1)C(=O)OCc1ccccc1. The van der Waals surface area contributed by atoms with Crippen LogP contribution in [0.25, 0.3) is 10.8 Å². The van der Waals surface area contributed by atoms with Gasteiger partial charge in [0.25, 0.3) is 5.91 Å². The van der Waals surface area contributed by atoms with Gasteiger partial charge < -0.3 is 30.9 Å². The first kappa shape index (κ1) is 30.7. The van der Waals surface area contributed by atoms with Crippen molar-refractivity contribution in [2.45, 2.75) is 56.8 Å². The maximum Gasteiger partial charge on any atom is 0.342 e. The fraction of sp³-hybridized carbons (Fsp3) is 0.364. The van der Waals surface area contributed by atoms with Crippen molar-refractivity contribution in [2.75, 3.05) is 25.0 Å². The lowest BCUT2D eigenvalue weighted by Crippen LogP contribution is -2.62. The monoisotopic (exact) mass is 599 g/mol. The minimum absolute atomic E-state index is 0.0561. The Labute approximate surface area is 255 Å². The third-order valence-corrected chi connectivity index (χ3v) is 8.16.